The number of aromatic carboxylic acids is 1. The average Bonchev–Trinajstić information content (AvgIpc) is 3.20. The van der Waals surface area contributed by atoms with E-state index in [1.807, 2.05) is 30.3 Å². The van der Waals surface area contributed by atoms with Gasteiger partial charge in [-0.2, -0.15) is 0 Å². The van der Waals surface area contributed by atoms with Crippen molar-refractivity contribution in [2.45, 2.75) is 25.8 Å². The van der Waals surface area contributed by atoms with Gasteiger partial charge in [0.2, 0.25) is 5.91 Å². The Balaban J connectivity index is 1.90. The molecule has 1 saturated heterocycles. The summed E-state index contributed by atoms with van der Waals surface area (Å²) in [5, 5.41) is 19.5. The van der Waals surface area contributed by atoms with Gasteiger partial charge in [0.15, 0.2) is 5.78 Å². The van der Waals surface area contributed by atoms with Gasteiger partial charge in [-0.1, -0.05) is 30.3 Å². The van der Waals surface area contributed by atoms with Gasteiger partial charge in [-0.3, -0.25) is 9.59 Å². The number of aliphatic hydroxyl groups is 1. The van der Waals surface area contributed by atoms with Gasteiger partial charge >= 0.3 is 5.97 Å². The molecule has 2 aromatic rings. The molecule has 1 fully saturated rings. The van der Waals surface area contributed by atoms with Crippen LogP contribution in [0.4, 0.5) is 0 Å². The van der Waals surface area contributed by atoms with Gasteiger partial charge in [0, 0.05) is 19.2 Å². The Morgan fingerprint density at radius 3 is 2.59 bits per heavy atom. The minimum Gasteiger partial charge on any atom is -0.506 e. The van der Waals surface area contributed by atoms with E-state index in [0.29, 0.717) is 25.1 Å². The van der Waals surface area contributed by atoms with Crippen LogP contribution >= 0.6 is 0 Å². The van der Waals surface area contributed by atoms with Crippen molar-refractivity contribution < 1.29 is 24.6 Å². The van der Waals surface area contributed by atoms with Gasteiger partial charge in [-0.05, 0) is 30.5 Å². The van der Waals surface area contributed by atoms with Crippen LogP contribution in [0, 0.1) is 0 Å². The number of carbonyl (C=O) groups excluding carboxylic acids is 2. The number of carbonyl (C=O) groups is 3. The molecule has 0 bridgehead atoms. The van der Waals surface area contributed by atoms with Crippen molar-refractivity contribution in [1.82, 2.24) is 9.88 Å². The lowest BCUT2D eigenvalue weighted by atomic mass is 9.96. The number of likely N-dealkylation sites (tertiary alicyclic amines) is 1. The van der Waals surface area contributed by atoms with E-state index in [4.69, 9.17) is 0 Å². The molecule has 7 heteroatoms. The van der Waals surface area contributed by atoms with Crippen LogP contribution in [-0.2, 0) is 16.1 Å². The fourth-order valence-corrected chi connectivity index (χ4v) is 3.33. The number of hydrogen-bond acceptors (Lipinski definition) is 4. The lowest BCUT2D eigenvalue weighted by Gasteiger charge is -2.17. The summed E-state index contributed by atoms with van der Waals surface area (Å²) in [5.74, 6) is -2.67. The van der Waals surface area contributed by atoms with E-state index < -0.39 is 11.9 Å². The Kier molecular flexibility index (Phi) is 5.12. The Hall–Kier alpha value is -3.35. The monoisotopic (exact) mass is 368 g/mol. The molecule has 0 radical (unpaired) electrons. The van der Waals surface area contributed by atoms with Crippen molar-refractivity contribution in [2.24, 2.45) is 0 Å². The first-order valence-electron chi connectivity index (χ1n) is 8.57. The predicted octanol–water partition coefficient (Wildman–Crippen LogP) is 2.72. The number of benzene rings is 1. The number of aromatic nitrogens is 1. The summed E-state index contributed by atoms with van der Waals surface area (Å²) in [6.07, 6.45) is 1.51. The van der Waals surface area contributed by atoms with Crippen LogP contribution in [0.2, 0.25) is 0 Å². The highest BCUT2D eigenvalue weighted by molar-refractivity contribution is 5.95. The van der Waals surface area contributed by atoms with Crippen molar-refractivity contribution in [3.63, 3.8) is 0 Å². The fraction of sp³-hybridized carbons (Fsp3) is 0.250. The Morgan fingerprint density at radius 1 is 1.26 bits per heavy atom. The number of rotatable bonds is 6. The molecule has 1 aromatic heterocycles. The zero-order valence-corrected chi connectivity index (χ0v) is 14.8. The quantitative estimate of drug-likeness (QED) is 0.536. The molecule has 1 aromatic carbocycles. The SMILES string of the molecule is CC(=O)C=C(O)c1[nH]c(C(=O)O)cc1C1CCN(Cc2ccccc2)C1=O. The lowest BCUT2D eigenvalue weighted by Crippen LogP contribution is -2.26. The highest BCUT2D eigenvalue weighted by Crippen LogP contribution is 2.34. The normalized spacial score (nSPS) is 17.4. The molecule has 1 unspecified atom stereocenters. The molecule has 0 saturated carbocycles. The van der Waals surface area contributed by atoms with Crippen LogP contribution in [0.25, 0.3) is 5.76 Å². The number of carboxylic acids is 1. The molecular formula is C20H20N2O5. The summed E-state index contributed by atoms with van der Waals surface area (Å²) in [4.78, 5) is 39.8. The lowest BCUT2D eigenvalue weighted by molar-refractivity contribution is -0.129. The number of amides is 1. The Bertz CT molecular complexity index is 914. The topological polar surface area (TPSA) is 111 Å². The van der Waals surface area contributed by atoms with Gasteiger partial charge in [0.05, 0.1) is 11.6 Å². The molecule has 3 rings (SSSR count). The van der Waals surface area contributed by atoms with Crippen molar-refractivity contribution in [3.8, 4) is 0 Å². The number of aromatic amines is 1. The minimum absolute atomic E-state index is 0.0995. The third-order valence-corrected chi connectivity index (χ3v) is 4.56. The first-order chi connectivity index (χ1) is 12.9. The van der Waals surface area contributed by atoms with Crippen LogP contribution in [0.3, 0.4) is 0 Å². The predicted molar refractivity (Wildman–Crippen MR) is 98.3 cm³/mol. The number of H-pyrrole nitrogens is 1. The minimum atomic E-state index is -1.20. The van der Waals surface area contributed by atoms with Crippen LogP contribution in [0.1, 0.15) is 46.6 Å². The molecular weight excluding hydrogens is 348 g/mol. The van der Waals surface area contributed by atoms with Crippen LogP contribution in [-0.4, -0.2) is 44.3 Å². The molecule has 0 aliphatic carbocycles. The highest BCUT2D eigenvalue weighted by Gasteiger charge is 2.36. The van der Waals surface area contributed by atoms with Crippen LogP contribution in [0.5, 0.6) is 0 Å². The van der Waals surface area contributed by atoms with Gasteiger partial charge in [0.1, 0.15) is 11.5 Å². The summed E-state index contributed by atoms with van der Waals surface area (Å²) in [6.45, 7) is 2.28. The highest BCUT2D eigenvalue weighted by atomic mass is 16.4. The third kappa shape index (κ3) is 3.92. The Labute approximate surface area is 155 Å². The molecule has 27 heavy (non-hydrogen) atoms. The van der Waals surface area contributed by atoms with E-state index in [1.165, 1.54) is 13.0 Å². The summed E-state index contributed by atoms with van der Waals surface area (Å²) >= 11 is 0. The van der Waals surface area contributed by atoms with E-state index in [2.05, 4.69) is 4.98 Å². The molecule has 1 aliphatic heterocycles. The molecule has 3 N–H and O–H groups in total. The number of nitrogens with zero attached hydrogens (tertiary/aromatic N) is 1. The number of allylic oxidation sites excluding steroid dienone is 1. The zero-order chi connectivity index (χ0) is 19.6. The van der Waals surface area contributed by atoms with Crippen molar-refractivity contribution in [1.29, 1.82) is 0 Å². The number of ketones is 1. The first kappa shape index (κ1) is 18.4. The summed E-state index contributed by atoms with van der Waals surface area (Å²) in [6, 6.07) is 10.9. The van der Waals surface area contributed by atoms with Gasteiger partial charge in [-0.25, -0.2) is 4.79 Å². The number of carboxylic acid groups (broad SMARTS) is 1. The number of hydrogen-bond donors (Lipinski definition) is 3. The second kappa shape index (κ2) is 7.49. The summed E-state index contributed by atoms with van der Waals surface area (Å²) in [5.41, 5.74) is 1.36. The largest absolute Gasteiger partial charge is 0.506 e. The summed E-state index contributed by atoms with van der Waals surface area (Å²) < 4.78 is 0. The van der Waals surface area contributed by atoms with Gasteiger partial charge in [-0.15, -0.1) is 0 Å². The van der Waals surface area contributed by atoms with E-state index in [0.717, 1.165) is 11.6 Å². The third-order valence-electron chi connectivity index (χ3n) is 4.56. The average molecular weight is 368 g/mol. The Morgan fingerprint density at radius 2 is 1.96 bits per heavy atom. The second-order valence-electron chi connectivity index (χ2n) is 6.55. The maximum atomic E-state index is 12.9. The smallest absolute Gasteiger partial charge is 0.352 e. The van der Waals surface area contributed by atoms with Gasteiger partial charge in [0.25, 0.3) is 0 Å². The van der Waals surface area contributed by atoms with Crippen molar-refractivity contribution in [3.05, 3.63) is 65.0 Å². The second-order valence-corrected chi connectivity index (χ2v) is 6.55. The maximum Gasteiger partial charge on any atom is 0.352 e. The maximum absolute atomic E-state index is 12.9. The van der Waals surface area contributed by atoms with Crippen molar-refractivity contribution >= 4 is 23.4 Å². The van der Waals surface area contributed by atoms with E-state index in [-0.39, 0.29) is 28.8 Å². The van der Waals surface area contributed by atoms with Gasteiger partial charge < -0.3 is 20.1 Å². The molecule has 2 heterocycles. The zero-order valence-electron chi connectivity index (χ0n) is 14.8. The molecule has 140 valence electrons. The standard InChI is InChI=1S/C20H20N2O5/c1-12(23)9-17(24)18-15(10-16(21-18)20(26)27)14-7-8-22(19(14)25)11-13-5-3-2-4-6-13/h2-6,9-10,14,21,24H,7-8,11H2,1H3,(H,26,27). The van der Waals surface area contributed by atoms with Crippen LogP contribution in [0.15, 0.2) is 42.5 Å². The molecule has 0 spiro atoms. The number of aliphatic hydroxyl groups excluding tert-OH is 1. The first-order valence-corrected chi connectivity index (χ1v) is 8.57. The molecule has 7 nitrogen and oxygen atoms in total. The van der Waals surface area contributed by atoms with E-state index >= 15 is 0 Å². The van der Waals surface area contributed by atoms with E-state index in [9.17, 15) is 24.6 Å². The summed E-state index contributed by atoms with van der Waals surface area (Å²) in [7, 11) is 0. The molecule has 1 atom stereocenters. The fourth-order valence-electron chi connectivity index (χ4n) is 3.33. The van der Waals surface area contributed by atoms with Crippen LogP contribution < -0.4 is 0 Å². The molecule has 1 amide bonds. The van der Waals surface area contributed by atoms with Crippen molar-refractivity contribution in [2.75, 3.05) is 6.54 Å². The molecule has 1 aliphatic rings. The number of nitrogens with one attached hydrogen (secondary N) is 1. The van der Waals surface area contributed by atoms with E-state index in [1.54, 1.807) is 4.90 Å².